The highest BCUT2D eigenvalue weighted by molar-refractivity contribution is 7.92. The normalized spacial score (nSPS) is 14.7. The minimum Gasteiger partial charge on any atom is -0.328 e. The van der Waals surface area contributed by atoms with Gasteiger partial charge in [0.15, 0.2) is 0 Å². The van der Waals surface area contributed by atoms with Gasteiger partial charge in [0.1, 0.15) is 5.65 Å². The third-order valence-corrected chi connectivity index (χ3v) is 8.45. The largest absolute Gasteiger partial charge is 0.328 e. The molecule has 37 heavy (non-hydrogen) atoms. The zero-order valence-corrected chi connectivity index (χ0v) is 22.8. The van der Waals surface area contributed by atoms with E-state index in [1.165, 1.54) is 34.5 Å². The van der Waals surface area contributed by atoms with E-state index in [0.717, 1.165) is 35.4 Å². The zero-order chi connectivity index (χ0) is 26.2. The number of anilines is 3. The van der Waals surface area contributed by atoms with E-state index in [2.05, 4.69) is 40.7 Å². The molecule has 5 rings (SSSR count). The van der Waals surface area contributed by atoms with Crippen molar-refractivity contribution in [3.05, 3.63) is 76.6 Å². The monoisotopic (exact) mass is 538 g/mol. The second kappa shape index (κ2) is 10.3. The molecule has 8 nitrogen and oxygen atoms in total. The van der Waals surface area contributed by atoms with Gasteiger partial charge in [0.05, 0.1) is 18.5 Å². The number of nitrogens with zero attached hydrogens (tertiary/aromatic N) is 4. The second-order valence-corrected chi connectivity index (χ2v) is 12.1. The predicted molar refractivity (Wildman–Crippen MR) is 151 cm³/mol. The Hall–Kier alpha value is -3.14. The molecule has 1 aliphatic rings. The van der Waals surface area contributed by atoms with Crippen LogP contribution in [0.2, 0.25) is 5.02 Å². The highest BCUT2D eigenvalue weighted by Crippen LogP contribution is 2.31. The van der Waals surface area contributed by atoms with E-state index in [9.17, 15) is 8.42 Å². The molecule has 1 fully saturated rings. The highest BCUT2D eigenvalue weighted by Gasteiger charge is 2.19. The molecular weight excluding hydrogens is 508 g/mol. The minimum absolute atomic E-state index is 0.403. The lowest BCUT2D eigenvalue weighted by Crippen LogP contribution is -2.26. The molecule has 2 aromatic carbocycles. The van der Waals surface area contributed by atoms with Crippen molar-refractivity contribution >= 4 is 50.0 Å². The van der Waals surface area contributed by atoms with Crippen molar-refractivity contribution in [3.63, 3.8) is 0 Å². The molecule has 2 N–H and O–H groups in total. The van der Waals surface area contributed by atoms with Crippen LogP contribution in [0.25, 0.3) is 11.0 Å². The van der Waals surface area contributed by atoms with Crippen LogP contribution in [0.15, 0.2) is 54.9 Å². The van der Waals surface area contributed by atoms with Crippen LogP contribution >= 0.6 is 11.6 Å². The number of aryl methyl sites for hydroxylation is 1. The Morgan fingerprint density at radius 1 is 1.16 bits per heavy atom. The average molecular weight is 539 g/mol. The number of benzene rings is 2. The molecule has 10 heteroatoms. The van der Waals surface area contributed by atoms with Gasteiger partial charge < -0.3 is 15.2 Å². The van der Waals surface area contributed by atoms with Crippen LogP contribution in [-0.4, -0.2) is 49.3 Å². The average Bonchev–Trinajstić information content (AvgIpc) is 3.26. The first kappa shape index (κ1) is 25.5. The van der Waals surface area contributed by atoms with Gasteiger partial charge >= 0.3 is 0 Å². The van der Waals surface area contributed by atoms with Gasteiger partial charge in [-0.3, -0.25) is 4.31 Å². The topological polar surface area (TPSA) is 92.2 Å². The third-order valence-electron chi connectivity index (χ3n) is 7.03. The number of hydrogen-bond donors (Lipinski definition) is 2. The molecule has 0 amide bonds. The van der Waals surface area contributed by atoms with Crippen molar-refractivity contribution in [3.8, 4) is 0 Å². The lowest BCUT2D eigenvalue weighted by atomic mass is 9.87. The third kappa shape index (κ3) is 5.58. The highest BCUT2D eigenvalue weighted by atomic mass is 35.5. The van der Waals surface area contributed by atoms with Crippen LogP contribution in [0.4, 0.5) is 17.3 Å². The first-order valence-electron chi connectivity index (χ1n) is 12.3. The van der Waals surface area contributed by atoms with E-state index in [4.69, 9.17) is 16.6 Å². The number of aromatic nitrogens is 3. The summed E-state index contributed by atoms with van der Waals surface area (Å²) in [5.41, 5.74) is 5.71. The Morgan fingerprint density at radius 3 is 2.68 bits per heavy atom. The number of nitrogens with one attached hydrogen (secondary N) is 2. The van der Waals surface area contributed by atoms with Crippen LogP contribution in [0, 0.1) is 6.92 Å². The van der Waals surface area contributed by atoms with E-state index in [1.807, 2.05) is 16.8 Å². The van der Waals surface area contributed by atoms with Crippen LogP contribution in [0.1, 0.15) is 35.4 Å². The van der Waals surface area contributed by atoms with Crippen molar-refractivity contribution in [2.45, 2.75) is 32.2 Å². The van der Waals surface area contributed by atoms with Gasteiger partial charge in [0.25, 0.3) is 0 Å². The Balaban J connectivity index is 1.41. The lowest BCUT2D eigenvalue weighted by Gasteiger charge is -2.24. The van der Waals surface area contributed by atoms with E-state index >= 15 is 0 Å². The van der Waals surface area contributed by atoms with Crippen molar-refractivity contribution < 1.29 is 8.42 Å². The van der Waals surface area contributed by atoms with Gasteiger partial charge in [-0.15, -0.1) is 0 Å². The zero-order valence-electron chi connectivity index (χ0n) is 21.2. The molecular formula is C27H31ClN6O2S. The molecule has 0 bridgehead atoms. The number of hydrogen-bond acceptors (Lipinski definition) is 6. The molecule has 0 radical (unpaired) electrons. The Bertz CT molecular complexity index is 1550. The number of fused-ring (bicyclic) bond motifs is 1. The molecule has 2 aromatic heterocycles. The Morgan fingerprint density at radius 2 is 1.95 bits per heavy atom. The van der Waals surface area contributed by atoms with Crippen LogP contribution in [0.3, 0.4) is 0 Å². The van der Waals surface area contributed by atoms with Crippen LogP contribution in [0.5, 0.6) is 0 Å². The summed E-state index contributed by atoms with van der Waals surface area (Å²) in [5.74, 6) is 1.10. The minimum atomic E-state index is -3.43. The molecule has 3 heterocycles. The lowest BCUT2D eigenvalue weighted by molar-refractivity contribution is 0.459. The molecule has 0 aliphatic carbocycles. The molecule has 1 saturated heterocycles. The first-order valence-corrected chi connectivity index (χ1v) is 14.5. The molecule has 0 spiro atoms. The van der Waals surface area contributed by atoms with E-state index < -0.39 is 10.0 Å². The SMILES string of the molecule is Cc1cc(Nc2ncc3ccn(Cc4cc(Cl)ccc4N(C)S(C)(=O)=O)c3n2)ccc1C1CCNCC1. The standard InChI is InChI=1S/C27H31ClN6O2S/c1-18-14-23(5-6-24(18)19-8-11-29-12-9-19)31-27-30-16-20-10-13-34(26(20)32-27)17-21-15-22(28)4-7-25(21)33(2)37(3,35)36/h4-7,10,13-16,19,29H,8-9,11-12,17H2,1-3H3,(H,30,31,32). The molecule has 194 valence electrons. The predicted octanol–water partition coefficient (Wildman–Crippen LogP) is 5.05. The smallest absolute Gasteiger partial charge is 0.232 e. The van der Waals surface area contributed by atoms with Crippen LogP contribution in [-0.2, 0) is 16.6 Å². The van der Waals surface area contributed by atoms with Gasteiger partial charge in [0.2, 0.25) is 16.0 Å². The molecule has 0 unspecified atom stereocenters. The molecule has 4 aromatic rings. The summed E-state index contributed by atoms with van der Waals surface area (Å²) in [6, 6.07) is 13.6. The summed E-state index contributed by atoms with van der Waals surface area (Å²) < 4.78 is 27.6. The fraction of sp³-hybridized carbons (Fsp3) is 0.333. The van der Waals surface area contributed by atoms with Crippen molar-refractivity contribution in [2.75, 3.05) is 36.0 Å². The maximum absolute atomic E-state index is 12.2. The second-order valence-electron chi connectivity index (χ2n) is 9.64. The Kier molecular flexibility index (Phi) is 7.11. The van der Waals surface area contributed by atoms with Crippen molar-refractivity contribution in [2.24, 2.45) is 0 Å². The van der Waals surface area contributed by atoms with Gasteiger partial charge in [-0.25, -0.2) is 13.4 Å². The summed E-state index contributed by atoms with van der Waals surface area (Å²) in [6.07, 6.45) is 7.23. The quantitative estimate of drug-likeness (QED) is 0.342. The van der Waals surface area contributed by atoms with Gasteiger partial charge in [0, 0.05) is 35.5 Å². The summed E-state index contributed by atoms with van der Waals surface area (Å²) >= 11 is 6.27. The van der Waals surface area contributed by atoms with E-state index in [1.54, 1.807) is 31.4 Å². The maximum Gasteiger partial charge on any atom is 0.232 e. The van der Waals surface area contributed by atoms with Gasteiger partial charge in [-0.2, -0.15) is 4.98 Å². The summed E-state index contributed by atoms with van der Waals surface area (Å²) in [4.78, 5) is 9.29. The number of piperidine rings is 1. The summed E-state index contributed by atoms with van der Waals surface area (Å²) in [7, 11) is -1.89. The maximum atomic E-state index is 12.2. The van der Waals surface area contributed by atoms with E-state index in [-0.39, 0.29) is 0 Å². The van der Waals surface area contributed by atoms with Crippen molar-refractivity contribution in [1.82, 2.24) is 19.9 Å². The number of rotatable bonds is 7. The Labute approximate surface area is 222 Å². The van der Waals surface area contributed by atoms with Gasteiger partial charge in [-0.1, -0.05) is 17.7 Å². The number of sulfonamides is 1. The van der Waals surface area contributed by atoms with Crippen LogP contribution < -0.4 is 14.9 Å². The molecule has 0 atom stereocenters. The van der Waals surface area contributed by atoms with Crippen molar-refractivity contribution in [1.29, 1.82) is 0 Å². The van der Waals surface area contributed by atoms with E-state index in [0.29, 0.717) is 29.1 Å². The summed E-state index contributed by atoms with van der Waals surface area (Å²) in [5, 5.41) is 8.21. The fourth-order valence-corrected chi connectivity index (χ4v) is 5.71. The molecule has 1 aliphatic heterocycles. The molecule has 0 saturated carbocycles. The summed E-state index contributed by atoms with van der Waals surface area (Å²) in [6.45, 7) is 4.70. The fourth-order valence-electron chi connectivity index (χ4n) is 4.98. The van der Waals surface area contributed by atoms with Gasteiger partial charge in [-0.05, 0) is 91.9 Å². The number of halogens is 1. The first-order chi connectivity index (χ1) is 17.7.